The van der Waals surface area contributed by atoms with Gasteiger partial charge in [-0.05, 0) is 49.5 Å². The fraction of sp³-hybridized carbons (Fsp3) is 0.680. The highest BCUT2D eigenvalue weighted by atomic mass is 16.1. The van der Waals surface area contributed by atoms with Crippen LogP contribution in [0.25, 0.3) is 0 Å². The molecule has 1 fully saturated rings. The van der Waals surface area contributed by atoms with Crippen molar-refractivity contribution in [1.82, 2.24) is 0 Å². The van der Waals surface area contributed by atoms with Crippen molar-refractivity contribution in [2.24, 2.45) is 5.92 Å². The summed E-state index contributed by atoms with van der Waals surface area (Å²) in [6, 6.07) is 8.11. The minimum Gasteiger partial charge on any atom is -0.299 e. The van der Waals surface area contributed by atoms with Crippen LogP contribution in [0.4, 0.5) is 0 Å². The van der Waals surface area contributed by atoms with Gasteiger partial charge in [-0.3, -0.25) is 9.59 Å². The van der Waals surface area contributed by atoms with Gasteiger partial charge >= 0.3 is 0 Å². The zero-order valence-electron chi connectivity index (χ0n) is 17.5. The van der Waals surface area contributed by atoms with E-state index in [1.165, 1.54) is 63.4 Å². The molecule has 2 rings (SSSR count). The quantitative estimate of drug-likeness (QED) is 0.220. The highest BCUT2D eigenvalue weighted by Crippen LogP contribution is 2.37. The molecular weight excluding hydrogens is 332 g/mol. The molecule has 0 unspecified atom stereocenters. The Balaban J connectivity index is 1.77. The molecule has 1 aliphatic carbocycles. The standard InChI is InChI=1S/C25H38O2/c1-3-5-7-8-9-20-11-13-21(14-12-20)22-15-17-23(18-16-22)25(27)19-24(26)10-6-4-2/h15-18,20-21H,3-14,19H2,1-2H3. The second-order valence-electron chi connectivity index (χ2n) is 8.43. The minimum absolute atomic E-state index is 0.0292. The van der Waals surface area contributed by atoms with Crippen LogP contribution in [-0.4, -0.2) is 11.6 Å². The number of hydrogen-bond donors (Lipinski definition) is 0. The van der Waals surface area contributed by atoms with Gasteiger partial charge < -0.3 is 0 Å². The molecule has 0 radical (unpaired) electrons. The van der Waals surface area contributed by atoms with Crippen molar-refractivity contribution in [2.45, 2.75) is 103 Å². The molecule has 0 N–H and O–H groups in total. The SMILES string of the molecule is CCCCCCC1CCC(c2ccc(C(=O)CC(=O)CCCC)cc2)CC1. The first kappa shape index (κ1) is 21.9. The first-order valence-corrected chi connectivity index (χ1v) is 11.3. The lowest BCUT2D eigenvalue weighted by Gasteiger charge is -2.29. The number of ketones is 2. The summed E-state index contributed by atoms with van der Waals surface area (Å²) in [4.78, 5) is 24.1. The summed E-state index contributed by atoms with van der Waals surface area (Å²) in [5.74, 6) is 1.61. The number of rotatable bonds is 12. The summed E-state index contributed by atoms with van der Waals surface area (Å²) in [6.45, 7) is 4.34. The maximum atomic E-state index is 12.3. The molecule has 2 nitrogen and oxygen atoms in total. The Kier molecular flexibility index (Phi) is 9.80. The molecule has 150 valence electrons. The van der Waals surface area contributed by atoms with Gasteiger partial charge in [-0.15, -0.1) is 0 Å². The highest BCUT2D eigenvalue weighted by molar-refractivity contribution is 6.07. The van der Waals surface area contributed by atoms with Crippen LogP contribution in [0.1, 0.15) is 119 Å². The fourth-order valence-electron chi connectivity index (χ4n) is 4.33. The first-order chi connectivity index (χ1) is 13.1. The van der Waals surface area contributed by atoms with Crippen molar-refractivity contribution in [3.8, 4) is 0 Å². The summed E-state index contributed by atoms with van der Waals surface area (Å²) >= 11 is 0. The maximum Gasteiger partial charge on any atom is 0.170 e. The summed E-state index contributed by atoms with van der Waals surface area (Å²) < 4.78 is 0. The van der Waals surface area contributed by atoms with Gasteiger partial charge in [0.2, 0.25) is 0 Å². The van der Waals surface area contributed by atoms with E-state index in [1.54, 1.807) is 0 Å². The van der Waals surface area contributed by atoms with Crippen molar-refractivity contribution in [2.75, 3.05) is 0 Å². The van der Waals surface area contributed by atoms with Gasteiger partial charge in [0.15, 0.2) is 5.78 Å². The number of unbranched alkanes of at least 4 members (excludes halogenated alkanes) is 4. The van der Waals surface area contributed by atoms with Crippen LogP contribution in [0.5, 0.6) is 0 Å². The third kappa shape index (κ3) is 7.60. The smallest absolute Gasteiger partial charge is 0.170 e. The molecule has 0 bridgehead atoms. The molecule has 0 spiro atoms. The molecular formula is C25H38O2. The zero-order valence-corrected chi connectivity index (χ0v) is 17.5. The van der Waals surface area contributed by atoms with Gasteiger partial charge in [-0.25, -0.2) is 0 Å². The molecule has 27 heavy (non-hydrogen) atoms. The van der Waals surface area contributed by atoms with Crippen LogP contribution < -0.4 is 0 Å². The van der Waals surface area contributed by atoms with E-state index in [2.05, 4.69) is 26.0 Å². The van der Waals surface area contributed by atoms with Gasteiger partial charge in [-0.1, -0.05) is 76.6 Å². The molecule has 0 heterocycles. The van der Waals surface area contributed by atoms with E-state index < -0.39 is 0 Å². The maximum absolute atomic E-state index is 12.3. The minimum atomic E-state index is -0.0292. The van der Waals surface area contributed by atoms with Gasteiger partial charge in [-0.2, -0.15) is 0 Å². The van der Waals surface area contributed by atoms with E-state index in [0.717, 1.165) is 18.8 Å². The second-order valence-corrected chi connectivity index (χ2v) is 8.43. The summed E-state index contributed by atoms with van der Waals surface area (Å²) in [5.41, 5.74) is 2.06. The van der Waals surface area contributed by atoms with Gasteiger partial charge in [0.05, 0.1) is 6.42 Å². The van der Waals surface area contributed by atoms with Crippen LogP contribution in [0, 0.1) is 5.92 Å². The Morgan fingerprint density at radius 2 is 1.52 bits per heavy atom. The summed E-state index contributed by atoms with van der Waals surface area (Å²) in [7, 11) is 0. The summed E-state index contributed by atoms with van der Waals surface area (Å²) in [5, 5.41) is 0. The van der Waals surface area contributed by atoms with Crippen molar-refractivity contribution < 1.29 is 9.59 Å². The molecule has 1 aromatic rings. The van der Waals surface area contributed by atoms with E-state index in [4.69, 9.17) is 0 Å². The van der Waals surface area contributed by atoms with Crippen LogP contribution >= 0.6 is 0 Å². The van der Waals surface area contributed by atoms with E-state index >= 15 is 0 Å². The largest absolute Gasteiger partial charge is 0.299 e. The molecule has 1 saturated carbocycles. The zero-order chi connectivity index (χ0) is 19.5. The van der Waals surface area contributed by atoms with Crippen LogP contribution in [0.15, 0.2) is 24.3 Å². The third-order valence-corrected chi connectivity index (χ3v) is 6.18. The number of carbonyl (C=O) groups excluding carboxylic acids is 2. The van der Waals surface area contributed by atoms with Gasteiger partial charge in [0, 0.05) is 12.0 Å². The van der Waals surface area contributed by atoms with Crippen molar-refractivity contribution in [3.63, 3.8) is 0 Å². The average molecular weight is 371 g/mol. The van der Waals surface area contributed by atoms with Gasteiger partial charge in [0.1, 0.15) is 5.78 Å². The predicted molar refractivity (Wildman–Crippen MR) is 113 cm³/mol. The van der Waals surface area contributed by atoms with E-state index in [0.29, 0.717) is 17.9 Å². The van der Waals surface area contributed by atoms with Crippen LogP contribution in [0.2, 0.25) is 0 Å². The first-order valence-electron chi connectivity index (χ1n) is 11.3. The van der Waals surface area contributed by atoms with Crippen molar-refractivity contribution >= 4 is 11.6 Å². The second kappa shape index (κ2) is 12.1. The highest BCUT2D eigenvalue weighted by Gasteiger charge is 2.22. The van der Waals surface area contributed by atoms with E-state index in [9.17, 15) is 9.59 Å². The Labute approximate surface area is 166 Å². The average Bonchev–Trinajstić information content (AvgIpc) is 2.70. The lowest BCUT2D eigenvalue weighted by molar-refractivity contribution is -0.118. The number of hydrogen-bond acceptors (Lipinski definition) is 2. The van der Waals surface area contributed by atoms with Crippen molar-refractivity contribution in [3.05, 3.63) is 35.4 Å². The molecule has 0 amide bonds. The normalized spacial score (nSPS) is 19.8. The molecule has 0 atom stereocenters. The number of Topliss-reactive ketones (excluding diaryl/α,β-unsaturated/α-hetero) is 2. The third-order valence-electron chi connectivity index (χ3n) is 6.18. The Morgan fingerprint density at radius 1 is 0.852 bits per heavy atom. The topological polar surface area (TPSA) is 34.1 Å². The van der Waals surface area contributed by atoms with Crippen LogP contribution in [-0.2, 0) is 4.79 Å². The number of benzene rings is 1. The van der Waals surface area contributed by atoms with Crippen LogP contribution in [0.3, 0.4) is 0 Å². The van der Waals surface area contributed by atoms with Crippen molar-refractivity contribution in [1.29, 1.82) is 0 Å². The molecule has 0 aliphatic heterocycles. The molecule has 1 aromatic carbocycles. The summed E-state index contributed by atoms with van der Waals surface area (Å²) in [6.07, 6.45) is 14.6. The molecule has 1 aliphatic rings. The predicted octanol–water partition coefficient (Wildman–Crippen LogP) is 7.26. The van der Waals surface area contributed by atoms with E-state index in [1.807, 2.05) is 12.1 Å². The number of carbonyl (C=O) groups is 2. The monoisotopic (exact) mass is 370 g/mol. The Bertz CT molecular complexity index is 564. The van der Waals surface area contributed by atoms with E-state index in [-0.39, 0.29) is 18.0 Å². The molecule has 0 saturated heterocycles. The Morgan fingerprint density at radius 3 is 2.15 bits per heavy atom. The van der Waals surface area contributed by atoms with Gasteiger partial charge in [0.25, 0.3) is 0 Å². The molecule has 2 heteroatoms. The molecule has 0 aromatic heterocycles. The lowest BCUT2D eigenvalue weighted by Crippen LogP contribution is -2.13. The lowest BCUT2D eigenvalue weighted by atomic mass is 9.77. The fourth-order valence-corrected chi connectivity index (χ4v) is 4.33. The Hall–Kier alpha value is -1.44.